The normalized spacial score (nSPS) is 26.4. The van der Waals surface area contributed by atoms with Crippen molar-refractivity contribution in [3.8, 4) is 23.0 Å². The summed E-state index contributed by atoms with van der Waals surface area (Å²) in [5.74, 6) is -2.94. The topological polar surface area (TPSA) is 585 Å². The Hall–Kier alpha value is -13.6. The van der Waals surface area contributed by atoms with Gasteiger partial charge in [-0.25, -0.2) is 8.78 Å². The molecule has 14 aromatic rings. The number of nitrogen functional groups attached to an aromatic ring is 7. The zero-order valence-electron chi connectivity index (χ0n) is 181. The number of methoxy groups -OCH3 is 2. The predicted octanol–water partition coefficient (Wildman–Crippen LogP) is 20.2. The minimum atomic E-state index is -3.24. The highest BCUT2D eigenvalue weighted by Crippen LogP contribution is 2.32. The highest BCUT2D eigenvalue weighted by molar-refractivity contribution is 6.30. The number of aryl methyl sites for hydroxylation is 2. The van der Waals surface area contributed by atoms with Gasteiger partial charge in [0.1, 0.15) is 11.6 Å². The van der Waals surface area contributed by atoms with E-state index in [0.717, 1.165) is 24.0 Å². The van der Waals surface area contributed by atoms with Crippen LogP contribution in [0.25, 0.3) is 0 Å². The van der Waals surface area contributed by atoms with Gasteiger partial charge in [-0.15, -0.1) is 0 Å². The SMILES string of the molecule is [2H]C([2H])(N)C([2H])([2H])C1CC1.[2H]C([2H])(N)C([2H])([2H])O.[2H]C([2H])(N)Cc1ccc(OC)c(OC)c1.[2H]C([2H])([2H])C([2H])([2H])N.[2H]C1([2H])C(N)C1([2H])[2H].[2H]C1([2H])CC([2H])([2H])C([2H])([2H])C([2H])([2H])C1([2H])[2H].[2H]C1([2H])CC([2H])([2H])C([2H])([2H])NC1([2H])[2H].[2H]c1c([2H])c(CC([2H])([2H])N)c([2H])c(O)c1O.[2H]c1c([2H])c(CN)c([2H])c([2H])c1F.[2H]c1c([2H])c(F)c([2H])c([2H])c1N.[2H]c1c([2H])c(N)c([2H])c([2H])c1C.[2H]c1c([2H])c([2H])c(C([2H])(N)C([2H])([2H])[2H])c([2H])c1[2H].[2H]c1c([2H])c([2H])c(C([2H])([2H])C([2H])([2H])N)c([2H])c1[2H].[2H]c1c([2H])c([2H])c(C([2H])([2H])N)c([2H])c1[2H].[2H]c1c([2H])c([2H])c(CN)c([2H])c1[2H].[2H]c1c([2H])c([2H])c(N)c([2H])c1[2H].[2H]c1cc([2H])c(Cl)c([2H])c1N.[2H]c1cc([2H])c(N)c(C)c1.[2H]c1nc([2H])c(N)c([2H])c1[2H].[2H]c1nc([2H])c([2H])c(N)c1[2H]. The summed E-state index contributed by atoms with van der Waals surface area (Å²) in [6.45, 7) is -27.2. The molecule has 0 radical (unpaired) electrons. The zero-order chi connectivity index (χ0) is 200. The second-order valence-corrected chi connectivity index (χ2v) is 24.8. The number of piperidine rings is 1. The molecule has 0 spiro atoms. The summed E-state index contributed by atoms with van der Waals surface area (Å²) in [6.07, 6.45) is -30.1. The van der Waals surface area contributed by atoms with E-state index in [1.54, 1.807) is 57.6 Å². The fourth-order valence-corrected chi connectivity index (χ4v) is 6.95. The highest BCUT2D eigenvalue weighted by atomic mass is 35.5. The van der Waals surface area contributed by atoms with Crippen LogP contribution < -0.4 is 118 Å². The molecule has 3 aliphatic carbocycles. The van der Waals surface area contributed by atoms with Crippen molar-refractivity contribution >= 4 is 51.4 Å². The first-order valence-electron chi connectivity index (χ1n) is 91.3. The second kappa shape index (κ2) is 96.5. The molecular weight excluding hydrogens is 1890 g/mol. The molecular formula is C120H178ClF2N21O5. The Balaban J connectivity index is 0. The van der Waals surface area contributed by atoms with Crippen LogP contribution in [0.2, 0.25) is 5.02 Å². The molecule has 26 nitrogen and oxygen atoms in total. The van der Waals surface area contributed by atoms with Gasteiger partial charge in [-0.3, -0.25) is 9.97 Å². The minimum Gasteiger partial charge on any atom is -0.504 e. The number of halogens is 3. The molecule has 0 bridgehead atoms. The molecule has 3 heterocycles. The van der Waals surface area contributed by atoms with E-state index in [-0.39, 0.29) is 221 Å². The summed E-state index contributed by atoms with van der Waals surface area (Å²) >= 11 is 5.52. The van der Waals surface area contributed by atoms with Crippen molar-refractivity contribution in [3.05, 3.63) is 424 Å². The van der Waals surface area contributed by atoms with Crippen LogP contribution in [0, 0.1) is 31.4 Å². The monoisotopic (exact) mass is 2170 g/mol. The van der Waals surface area contributed by atoms with E-state index in [4.69, 9.17) is 258 Å². The number of anilines is 7. The number of benzene rings is 12. The van der Waals surface area contributed by atoms with Crippen LogP contribution in [0.5, 0.6) is 23.0 Å². The Morgan fingerprint density at radius 2 is 0.926 bits per heavy atom. The Bertz CT molecular complexity index is 9980. The summed E-state index contributed by atoms with van der Waals surface area (Å²) in [6, 6.07) is -15.4. The Morgan fingerprint density at radius 3 is 1.39 bits per heavy atom. The van der Waals surface area contributed by atoms with Crippen molar-refractivity contribution in [1.29, 1.82) is 0 Å². The molecule has 40 N–H and O–H groups in total. The molecule has 1 atom stereocenters. The number of aromatic hydroxyl groups is 2. The van der Waals surface area contributed by atoms with Gasteiger partial charge in [-0.2, -0.15) is 0 Å². The summed E-state index contributed by atoms with van der Waals surface area (Å²) < 4.78 is 767. The first-order chi connectivity index (χ1) is 112. The van der Waals surface area contributed by atoms with Gasteiger partial charge >= 0.3 is 0 Å². The molecule has 18 rings (SSSR count). The molecule has 4 fully saturated rings. The van der Waals surface area contributed by atoms with Crippen LogP contribution >= 0.6 is 11.6 Å². The fraction of sp³-hybridized carbons (Fsp3) is 0.317. The quantitative estimate of drug-likeness (QED) is 0.0335. The van der Waals surface area contributed by atoms with Crippen molar-refractivity contribution in [2.45, 2.75) is 168 Å². The molecule has 1 unspecified atom stereocenters. The molecule has 12 aromatic carbocycles. The van der Waals surface area contributed by atoms with E-state index in [9.17, 15) is 19.0 Å². The van der Waals surface area contributed by atoms with Crippen LogP contribution in [0.15, 0.2) is 357 Å². The van der Waals surface area contributed by atoms with Crippen molar-refractivity contribution < 1.29 is 173 Å². The van der Waals surface area contributed by atoms with Crippen LogP contribution in [0.1, 0.15) is 299 Å². The smallest absolute Gasteiger partial charge is 0.160 e. The van der Waals surface area contributed by atoms with Crippen LogP contribution in [-0.4, -0.2) is 104 Å². The molecule has 149 heavy (non-hydrogen) atoms. The number of rotatable bonds is 15. The lowest BCUT2D eigenvalue weighted by atomic mass is 10.0. The van der Waals surface area contributed by atoms with Crippen molar-refractivity contribution in [3.63, 3.8) is 0 Å². The molecule has 3 saturated carbocycles. The first-order valence-corrected chi connectivity index (χ1v) is 40.7. The standard InChI is InChI=1S/C10H15NO2.C8H11NO2.2C8H11N.C7H8FN.4C7H9N.C6H6ClN.C6H6FN.C6H7N.C6H12.2C5H6N2.2C5H11N.C3H7N.C2H7NO.C2H7N/c1-12-9-4-3-8(5-6-11)7-10(9)13-2;9-4-3-6-1-2-7(10)8(11)5-6;1-7(9)8-5-3-2-4-6-8;9-7-6-8-4-2-1-3-5-8;8-7-3-1-6(5-9)2-4-7;1-6-2-4-7(8)5-3-6;1-6-4-2-3-5-7(6)8;2*8-6-7-4-2-1-3-5-7;7-5-2-1-3-6(8)4-5;7-5-1-3-6(8)4-2-5;7-6-4-2-1-3-5-6;1-2-4-6-5-3-1;6-5-1-3-7-4-2-5;6-5-2-1-3-7-4-5;6-4-3-5-1-2-5;1-2-4-6-5-3-1;4-3-1-2-3;3-1-2-4;1-2-3/h3-4,7H,5-6,11H2,1-2H3;1-2,5,10-11H,3-4,9H2;2-7H,9H2,1H3;1-5H,6-7,9H2;1-4H,5,9H2;2*2-5H,8H2,1H3;2*1-5H,6,8H2;2*1-4H,8H2;1-5H,7H2;1-6H2;1-4H,(H2,6,7);1-4H,6H2;5H,1-4,6H2;6H,1-5H2;3H,1-2,4H2;4H,1-3H2;2-3H2,1H3/i6D2;1D,2D,4D2,5D;1D3,2D,3D,4D,5D,6D,7D;1D,2D,3D,4D,5D,6D2,7D2;1D,2D,3D,4D;2D,3D,4D,5D;2D,5D;1D,2D,3D,4D,5D,6D2;1D,2D,3D,4D,5D;2D,3D,4D;1D,2D,3D,4D;1D,2D,3D,4D,5D;1D2,2D2,3D2,4D2,5D2;2*1D,2D,3D,4D;3D2,4D2;2D2,3D2,4D2,5D2;2*1D2,2D2;1D3,2D2. The van der Waals surface area contributed by atoms with Gasteiger partial charge in [0.2, 0.25) is 0 Å². The zero-order valence-corrected chi connectivity index (χ0v) is 80.1. The van der Waals surface area contributed by atoms with Gasteiger partial charge in [-0.05, 0) is 301 Å². The molecule has 814 valence electrons. The lowest BCUT2D eigenvalue weighted by molar-refractivity contribution is 0.306. The number of ether oxygens (including phenoxy) is 2. The van der Waals surface area contributed by atoms with Gasteiger partial charge in [-0.1, -0.05) is 281 Å². The van der Waals surface area contributed by atoms with E-state index >= 15 is 0 Å². The third kappa shape index (κ3) is 87.1. The van der Waals surface area contributed by atoms with Gasteiger partial charge in [0.25, 0.3) is 0 Å². The lowest BCUT2D eigenvalue weighted by Gasteiger charge is -2.08. The largest absolute Gasteiger partial charge is 0.504 e. The molecule has 1 saturated heterocycles. The Kier molecular flexibility index (Phi) is 28.6. The minimum absolute atomic E-state index is 0.00139. The molecule has 0 amide bonds. The first kappa shape index (κ1) is 44.1. The number of nitrogens with two attached hydrogens (primary N) is 18. The Labute approximate surface area is 1040 Å². The average Bonchev–Trinajstić information content (AvgIpc) is 1.69. The van der Waals surface area contributed by atoms with Crippen molar-refractivity contribution in [2.24, 2.45) is 69.0 Å². The highest BCUT2D eigenvalue weighted by Gasteiger charge is 2.19. The number of phenolic OH excluding ortho intramolecular Hbond substituents is 2. The van der Waals surface area contributed by atoms with E-state index in [1.807, 2.05) is 0 Å². The maximum atomic E-state index is 12.9. The van der Waals surface area contributed by atoms with E-state index in [0.29, 0.717) is 28.8 Å². The summed E-state index contributed by atoms with van der Waals surface area (Å²) in [5.41, 5.74) is 92.0. The number of phenols is 2. The predicted molar refractivity (Wildman–Crippen MR) is 631 cm³/mol. The van der Waals surface area contributed by atoms with E-state index < -0.39 is 395 Å². The fourth-order valence-electron chi connectivity index (χ4n) is 6.79. The number of aromatic nitrogens is 2. The third-order valence-electron chi connectivity index (χ3n) is 13.4. The number of nitrogens with zero attached hydrogens (tertiary/aromatic N) is 2. The van der Waals surface area contributed by atoms with E-state index in [2.05, 4.69) is 21.4 Å². The number of hydrogen-bond donors (Lipinski definition) is 22. The number of nitrogens with one attached hydrogen (secondary N) is 1. The molecule has 1 aliphatic heterocycles. The average molecular weight is 2170 g/mol. The maximum absolute atomic E-state index is 12.9. The lowest BCUT2D eigenvalue weighted by Crippen LogP contribution is -2.21. The maximum Gasteiger partial charge on any atom is 0.160 e. The molecule has 29 heteroatoms. The Morgan fingerprint density at radius 1 is 0.463 bits per heavy atom. The van der Waals surface area contributed by atoms with Gasteiger partial charge in [0, 0.05) is 165 Å². The number of para-hydroxylation sites is 2. The van der Waals surface area contributed by atoms with Crippen LogP contribution in [0.3, 0.4) is 0 Å². The van der Waals surface area contributed by atoms with Crippen LogP contribution in [-0.2, 0) is 38.8 Å². The van der Waals surface area contributed by atoms with Crippen molar-refractivity contribution in [2.75, 3.05) is 113 Å². The van der Waals surface area contributed by atoms with Crippen molar-refractivity contribution in [1.82, 2.24) is 15.3 Å². The summed E-state index contributed by atoms with van der Waals surface area (Å²) in [7, 11) is 3.10. The molecule has 2 aromatic heterocycles. The number of pyridine rings is 2. The number of hydrogen-bond acceptors (Lipinski definition) is 26. The molecule has 4 aliphatic rings. The van der Waals surface area contributed by atoms with E-state index in [1.165, 1.54) is 12.1 Å². The van der Waals surface area contributed by atoms with Gasteiger partial charge in [0.15, 0.2) is 23.0 Å². The van der Waals surface area contributed by atoms with Gasteiger partial charge < -0.3 is 133 Å². The third-order valence-corrected chi connectivity index (χ3v) is 13.6. The summed E-state index contributed by atoms with van der Waals surface area (Å²) in [4.78, 5) is 6.65. The van der Waals surface area contributed by atoms with Gasteiger partial charge in [0.05, 0.1) is 103 Å². The number of aliphatic hydroxyl groups is 1. The second-order valence-electron chi connectivity index (χ2n) is 24.5. The summed E-state index contributed by atoms with van der Waals surface area (Å²) in [5, 5.41) is 28.4. The van der Waals surface area contributed by atoms with Crippen LogP contribution in [0.4, 0.5) is 48.6 Å².